The molecule has 0 saturated carbocycles. The molecule has 0 aliphatic rings. The van der Waals surface area contributed by atoms with Gasteiger partial charge < -0.3 is 10.6 Å². The van der Waals surface area contributed by atoms with Crippen LogP contribution in [-0.2, 0) is 19.7 Å². The summed E-state index contributed by atoms with van der Waals surface area (Å²) in [6.45, 7) is 4.16. The Balaban J connectivity index is 3.76. The van der Waals surface area contributed by atoms with Gasteiger partial charge in [0.1, 0.15) is 0 Å². The topological polar surface area (TPSA) is 113 Å². The van der Waals surface area contributed by atoms with Crippen LogP contribution in [0.25, 0.3) is 0 Å². The molecule has 10 heteroatoms. The predicted molar refractivity (Wildman–Crippen MR) is 80.4 cm³/mol. The Labute approximate surface area is 135 Å². The van der Waals surface area contributed by atoms with Crippen molar-refractivity contribution in [2.45, 2.75) is 51.2 Å². The van der Waals surface area contributed by atoms with Crippen molar-refractivity contribution in [3.05, 3.63) is 0 Å². The van der Waals surface area contributed by atoms with Crippen molar-refractivity contribution in [3.8, 4) is 0 Å². The van der Waals surface area contributed by atoms with E-state index in [9.17, 15) is 26.8 Å². The van der Waals surface area contributed by atoms with Gasteiger partial charge in [0.15, 0.2) is 0 Å². The van der Waals surface area contributed by atoms with E-state index in [2.05, 4.69) is 5.32 Å². The van der Waals surface area contributed by atoms with Gasteiger partial charge in [-0.15, -0.1) is 0 Å². The number of unbranched alkanes of at least 4 members (excludes halogenated alkanes) is 3. The molecule has 1 atom stereocenters. The van der Waals surface area contributed by atoms with Crippen LogP contribution in [0.1, 0.15) is 46.0 Å². The Hall–Kier alpha value is -1.29. The fourth-order valence-electron chi connectivity index (χ4n) is 1.60. The Morgan fingerprint density at radius 3 is 2.00 bits per heavy atom. The van der Waals surface area contributed by atoms with Gasteiger partial charge in [-0.1, -0.05) is 26.7 Å². The standard InChI is InChI=1S/C13H24F2N2O5S/c1-3-10(2)11(18)16-8-6-4-5-7-9-17-12(19)13(14,15)23(20,21)22/h10H,3-9H2,1-2H3,(H,16,18)(H,17,19)(H,20,21,22). The summed E-state index contributed by atoms with van der Waals surface area (Å²) < 4.78 is 54.7. The largest absolute Gasteiger partial charge is 0.446 e. The highest BCUT2D eigenvalue weighted by atomic mass is 32.2. The first-order chi connectivity index (χ1) is 10.5. The van der Waals surface area contributed by atoms with Crippen LogP contribution in [0.2, 0.25) is 0 Å². The number of alkyl halides is 2. The fraction of sp³-hybridized carbons (Fsp3) is 0.846. The molecule has 0 aliphatic heterocycles. The molecular formula is C13H24F2N2O5S. The molecule has 0 aromatic rings. The molecule has 2 amide bonds. The molecule has 1 unspecified atom stereocenters. The molecule has 0 spiro atoms. The summed E-state index contributed by atoms with van der Waals surface area (Å²) in [5, 5.41) is -0.300. The maximum Gasteiger partial charge on any atom is 0.446 e. The third kappa shape index (κ3) is 7.69. The molecule has 136 valence electrons. The summed E-state index contributed by atoms with van der Waals surface area (Å²) in [6, 6.07) is 0. The highest BCUT2D eigenvalue weighted by Crippen LogP contribution is 2.20. The molecule has 0 saturated heterocycles. The van der Waals surface area contributed by atoms with Gasteiger partial charge in [0.2, 0.25) is 5.91 Å². The first-order valence-electron chi connectivity index (χ1n) is 7.44. The number of nitrogens with one attached hydrogen (secondary N) is 2. The molecule has 3 N–H and O–H groups in total. The van der Waals surface area contributed by atoms with E-state index < -0.39 is 21.3 Å². The first kappa shape index (κ1) is 21.7. The van der Waals surface area contributed by atoms with Crippen LogP contribution in [0.3, 0.4) is 0 Å². The molecule has 23 heavy (non-hydrogen) atoms. The van der Waals surface area contributed by atoms with Gasteiger partial charge in [-0.25, -0.2) is 0 Å². The lowest BCUT2D eigenvalue weighted by Crippen LogP contribution is -2.45. The second kappa shape index (κ2) is 9.76. The van der Waals surface area contributed by atoms with Crippen LogP contribution >= 0.6 is 0 Å². The van der Waals surface area contributed by atoms with Gasteiger partial charge in [-0.3, -0.25) is 14.1 Å². The summed E-state index contributed by atoms with van der Waals surface area (Å²) in [5.74, 6) is -2.08. The van der Waals surface area contributed by atoms with Gasteiger partial charge in [-0.05, 0) is 19.3 Å². The van der Waals surface area contributed by atoms with E-state index in [4.69, 9.17) is 4.55 Å². The number of hydrogen-bond donors (Lipinski definition) is 3. The molecule has 0 rings (SSSR count). The lowest BCUT2D eigenvalue weighted by atomic mass is 10.1. The van der Waals surface area contributed by atoms with Crippen molar-refractivity contribution in [2.75, 3.05) is 13.1 Å². The monoisotopic (exact) mass is 358 g/mol. The van der Waals surface area contributed by atoms with Gasteiger partial charge >= 0.3 is 21.3 Å². The molecular weight excluding hydrogens is 334 g/mol. The number of carbonyl (C=O) groups is 2. The van der Waals surface area contributed by atoms with Crippen molar-refractivity contribution >= 4 is 21.9 Å². The average molecular weight is 358 g/mol. The normalized spacial score (nSPS) is 13.4. The highest BCUT2D eigenvalue weighted by Gasteiger charge is 2.52. The van der Waals surface area contributed by atoms with Crippen LogP contribution in [0.15, 0.2) is 0 Å². The maximum absolute atomic E-state index is 12.9. The summed E-state index contributed by atoms with van der Waals surface area (Å²) in [7, 11) is -5.76. The van der Waals surface area contributed by atoms with Crippen LogP contribution in [-0.4, -0.2) is 43.1 Å². The average Bonchev–Trinajstić information content (AvgIpc) is 2.47. The lowest BCUT2D eigenvalue weighted by molar-refractivity contribution is -0.136. The lowest BCUT2D eigenvalue weighted by Gasteiger charge is -2.12. The fourth-order valence-corrected chi connectivity index (χ4v) is 1.90. The van der Waals surface area contributed by atoms with E-state index in [0.717, 1.165) is 19.3 Å². The highest BCUT2D eigenvalue weighted by molar-refractivity contribution is 7.87. The number of rotatable bonds is 11. The first-order valence-corrected chi connectivity index (χ1v) is 8.88. The third-order valence-corrected chi connectivity index (χ3v) is 4.17. The Morgan fingerprint density at radius 2 is 1.57 bits per heavy atom. The van der Waals surface area contributed by atoms with Gasteiger partial charge in [-0.2, -0.15) is 17.2 Å². The van der Waals surface area contributed by atoms with E-state index in [1.165, 1.54) is 0 Å². The molecule has 0 heterocycles. The van der Waals surface area contributed by atoms with E-state index >= 15 is 0 Å². The number of halogens is 2. The third-order valence-electron chi connectivity index (χ3n) is 3.34. The van der Waals surface area contributed by atoms with Crippen LogP contribution in [0, 0.1) is 5.92 Å². The summed E-state index contributed by atoms with van der Waals surface area (Å²) in [4.78, 5) is 22.4. The predicted octanol–water partition coefficient (Wildman–Crippen LogP) is 1.31. The smallest absolute Gasteiger partial charge is 0.356 e. The second-order valence-electron chi connectivity index (χ2n) is 5.26. The van der Waals surface area contributed by atoms with Crippen molar-refractivity contribution in [1.29, 1.82) is 0 Å². The summed E-state index contributed by atoms with van der Waals surface area (Å²) in [6.07, 6.45) is 3.21. The molecule has 7 nitrogen and oxygen atoms in total. The Morgan fingerprint density at radius 1 is 1.09 bits per heavy atom. The van der Waals surface area contributed by atoms with Crippen molar-refractivity contribution in [3.63, 3.8) is 0 Å². The van der Waals surface area contributed by atoms with Crippen LogP contribution in [0.5, 0.6) is 0 Å². The zero-order chi connectivity index (χ0) is 18.1. The Bertz CT molecular complexity index is 497. The van der Waals surface area contributed by atoms with Crippen molar-refractivity contribution in [2.24, 2.45) is 5.92 Å². The van der Waals surface area contributed by atoms with Crippen molar-refractivity contribution < 1.29 is 31.3 Å². The van der Waals surface area contributed by atoms with Crippen LogP contribution in [0.4, 0.5) is 8.78 Å². The maximum atomic E-state index is 12.9. The Kier molecular flexibility index (Phi) is 9.21. The van der Waals surface area contributed by atoms with Crippen LogP contribution < -0.4 is 10.6 Å². The summed E-state index contributed by atoms with van der Waals surface area (Å²) in [5.41, 5.74) is 0. The summed E-state index contributed by atoms with van der Waals surface area (Å²) >= 11 is 0. The van der Waals surface area contributed by atoms with E-state index in [1.54, 1.807) is 5.32 Å². The number of hydrogen-bond acceptors (Lipinski definition) is 4. The van der Waals surface area contributed by atoms with Gasteiger partial charge in [0.05, 0.1) is 0 Å². The second-order valence-corrected chi connectivity index (χ2v) is 6.73. The molecule has 0 aromatic heterocycles. The van der Waals surface area contributed by atoms with E-state index in [-0.39, 0.29) is 18.4 Å². The van der Waals surface area contributed by atoms with Gasteiger partial charge in [0, 0.05) is 19.0 Å². The minimum atomic E-state index is -5.76. The molecule has 0 radical (unpaired) electrons. The minimum absolute atomic E-state index is 0.00722. The van der Waals surface area contributed by atoms with E-state index in [0.29, 0.717) is 19.4 Å². The van der Waals surface area contributed by atoms with Gasteiger partial charge in [0.25, 0.3) is 0 Å². The molecule has 0 bridgehead atoms. The zero-order valence-corrected chi connectivity index (χ0v) is 14.1. The molecule has 0 aromatic carbocycles. The van der Waals surface area contributed by atoms with Crippen molar-refractivity contribution in [1.82, 2.24) is 10.6 Å². The quantitative estimate of drug-likeness (QED) is 0.381. The SMILES string of the molecule is CCC(C)C(=O)NCCCCCCNC(=O)C(F)(F)S(=O)(=O)O. The molecule has 0 fully saturated rings. The van der Waals surface area contributed by atoms with E-state index in [1.807, 2.05) is 13.8 Å². The zero-order valence-electron chi connectivity index (χ0n) is 13.3. The minimum Gasteiger partial charge on any atom is -0.356 e. The number of carbonyl (C=O) groups excluding carboxylic acids is 2. The number of amides is 2. The molecule has 0 aliphatic carbocycles.